The van der Waals surface area contributed by atoms with Crippen molar-refractivity contribution < 1.29 is 4.79 Å². The van der Waals surface area contributed by atoms with Gasteiger partial charge in [0.2, 0.25) is 0 Å². The topological polar surface area (TPSA) is 44.4 Å². The highest BCUT2D eigenvalue weighted by atomic mass is 16.2. The van der Waals surface area contributed by atoms with E-state index in [1.54, 1.807) is 4.90 Å². The predicted molar refractivity (Wildman–Crippen MR) is 87.5 cm³/mol. The van der Waals surface area contributed by atoms with Crippen molar-refractivity contribution in [1.29, 1.82) is 0 Å². The number of nitrogens with one attached hydrogen (secondary N) is 2. The minimum Gasteiger partial charge on any atom is -0.327 e. The Hall–Kier alpha value is -1.55. The van der Waals surface area contributed by atoms with Gasteiger partial charge in [-0.15, -0.1) is 0 Å². The maximum atomic E-state index is 12.1. The fourth-order valence-electron chi connectivity index (χ4n) is 2.64. The Kier molecular flexibility index (Phi) is 5.62. The summed E-state index contributed by atoms with van der Waals surface area (Å²) >= 11 is 0. The van der Waals surface area contributed by atoms with Crippen LogP contribution in [0.2, 0.25) is 0 Å². The normalized spacial score (nSPS) is 16.1. The first-order valence-corrected chi connectivity index (χ1v) is 7.95. The maximum Gasteiger partial charge on any atom is 0.321 e. The Morgan fingerprint density at radius 1 is 1.33 bits per heavy atom. The van der Waals surface area contributed by atoms with Crippen LogP contribution in [0.1, 0.15) is 44.7 Å². The maximum absolute atomic E-state index is 12.1. The summed E-state index contributed by atoms with van der Waals surface area (Å²) in [5, 5.41) is 6.34. The SMILES string of the molecule is CCNC(C)c1ccc(NC(=O)N(C)CC2CCC2)cc1. The molecule has 0 bridgehead atoms. The van der Waals surface area contributed by atoms with E-state index in [2.05, 4.69) is 36.6 Å². The van der Waals surface area contributed by atoms with Gasteiger partial charge >= 0.3 is 6.03 Å². The lowest BCUT2D eigenvalue weighted by molar-refractivity contribution is 0.194. The molecular formula is C17H27N3O. The molecule has 1 aliphatic rings. The molecule has 1 fully saturated rings. The van der Waals surface area contributed by atoms with E-state index in [0.717, 1.165) is 18.8 Å². The number of urea groups is 1. The van der Waals surface area contributed by atoms with Crippen LogP contribution in [0.15, 0.2) is 24.3 Å². The van der Waals surface area contributed by atoms with Crippen LogP contribution in [-0.2, 0) is 0 Å². The quantitative estimate of drug-likeness (QED) is 0.840. The van der Waals surface area contributed by atoms with Crippen molar-refractivity contribution in [1.82, 2.24) is 10.2 Å². The average Bonchev–Trinajstić information content (AvgIpc) is 2.43. The van der Waals surface area contributed by atoms with Crippen molar-refractivity contribution in [3.05, 3.63) is 29.8 Å². The van der Waals surface area contributed by atoms with Crippen LogP contribution in [-0.4, -0.2) is 31.1 Å². The fourth-order valence-corrected chi connectivity index (χ4v) is 2.64. The van der Waals surface area contributed by atoms with E-state index < -0.39 is 0 Å². The number of rotatable bonds is 6. The van der Waals surface area contributed by atoms with Crippen LogP contribution < -0.4 is 10.6 Å². The number of hydrogen-bond acceptors (Lipinski definition) is 2. The van der Waals surface area contributed by atoms with Gasteiger partial charge in [0, 0.05) is 25.3 Å². The van der Waals surface area contributed by atoms with Crippen molar-refractivity contribution in [2.75, 3.05) is 25.5 Å². The molecule has 2 N–H and O–H groups in total. The molecule has 0 radical (unpaired) electrons. The third kappa shape index (κ3) is 4.46. The van der Waals surface area contributed by atoms with Crippen LogP contribution in [0.5, 0.6) is 0 Å². The average molecular weight is 289 g/mol. The summed E-state index contributed by atoms with van der Waals surface area (Å²) < 4.78 is 0. The van der Waals surface area contributed by atoms with Gasteiger partial charge in [-0.05, 0) is 49.9 Å². The van der Waals surface area contributed by atoms with Crippen molar-refractivity contribution in [3.8, 4) is 0 Å². The summed E-state index contributed by atoms with van der Waals surface area (Å²) in [5.74, 6) is 0.698. The second-order valence-corrected chi connectivity index (χ2v) is 6.01. The zero-order valence-corrected chi connectivity index (χ0v) is 13.4. The number of carbonyl (C=O) groups excluding carboxylic acids is 1. The van der Waals surface area contributed by atoms with Crippen molar-refractivity contribution in [2.24, 2.45) is 5.92 Å². The number of benzene rings is 1. The van der Waals surface area contributed by atoms with E-state index >= 15 is 0 Å². The smallest absolute Gasteiger partial charge is 0.321 e. The number of nitrogens with zero attached hydrogens (tertiary/aromatic N) is 1. The third-order valence-electron chi connectivity index (χ3n) is 4.28. The lowest BCUT2D eigenvalue weighted by Gasteiger charge is -2.30. The second-order valence-electron chi connectivity index (χ2n) is 6.01. The van der Waals surface area contributed by atoms with Gasteiger partial charge in [-0.2, -0.15) is 0 Å². The Balaban J connectivity index is 1.85. The van der Waals surface area contributed by atoms with Crippen LogP contribution in [0.25, 0.3) is 0 Å². The van der Waals surface area contributed by atoms with E-state index in [-0.39, 0.29) is 6.03 Å². The molecule has 2 amide bonds. The molecule has 1 aromatic rings. The number of hydrogen-bond donors (Lipinski definition) is 2. The largest absolute Gasteiger partial charge is 0.327 e. The molecule has 1 atom stereocenters. The van der Waals surface area contributed by atoms with E-state index in [0.29, 0.717) is 12.0 Å². The van der Waals surface area contributed by atoms with Gasteiger partial charge < -0.3 is 15.5 Å². The molecule has 2 rings (SSSR count). The van der Waals surface area contributed by atoms with Gasteiger partial charge in [-0.3, -0.25) is 0 Å². The van der Waals surface area contributed by atoms with Gasteiger partial charge in [0.1, 0.15) is 0 Å². The van der Waals surface area contributed by atoms with Gasteiger partial charge in [0.25, 0.3) is 0 Å². The standard InChI is InChI=1S/C17H27N3O/c1-4-18-13(2)15-8-10-16(11-9-15)19-17(21)20(3)12-14-6-5-7-14/h8-11,13-14,18H,4-7,12H2,1-3H3,(H,19,21). The Labute approximate surface area is 127 Å². The molecule has 0 spiro atoms. The van der Waals surface area contributed by atoms with E-state index in [1.165, 1.54) is 24.8 Å². The molecule has 1 saturated carbocycles. The molecular weight excluding hydrogens is 262 g/mol. The van der Waals surface area contributed by atoms with Gasteiger partial charge in [0.05, 0.1) is 0 Å². The Bertz CT molecular complexity index is 454. The Morgan fingerprint density at radius 2 is 2.00 bits per heavy atom. The first-order valence-electron chi connectivity index (χ1n) is 7.95. The molecule has 1 unspecified atom stereocenters. The van der Waals surface area contributed by atoms with Crippen LogP contribution in [0, 0.1) is 5.92 Å². The van der Waals surface area contributed by atoms with Crippen molar-refractivity contribution >= 4 is 11.7 Å². The van der Waals surface area contributed by atoms with Gasteiger partial charge in [-0.1, -0.05) is 25.5 Å². The minimum absolute atomic E-state index is 0.0191. The van der Waals surface area contributed by atoms with E-state index in [9.17, 15) is 4.79 Å². The predicted octanol–water partition coefficient (Wildman–Crippen LogP) is 3.62. The first kappa shape index (κ1) is 15.8. The van der Waals surface area contributed by atoms with Gasteiger partial charge in [-0.25, -0.2) is 4.79 Å². The molecule has 116 valence electrons. The van der Waals surface area contributed by atoms with Crippen LogP contribution in [0.3, 0.4) is 0 Å². The van der Waals surface area contributed by atoms with Crippen molar-refractivity contribution in [2.45, 2.75) is 39.2 Å². The molecule has 21 heavy (non-hydrogen) atoms. The molecule has 1 aromatic carbocycles. The molecule has 0 saturated heterocycles. The summed E-state index contributed by atoms with van der Waals surface area (Å²) in [6.45, 7) is 6.06. The van der Waals surface area contributed by atoms with Gasteiger partial charge in [0.15, 0.2) is 0 Å². The summed E-state index contributed by atoms with van der Waals surface area (Å²) in [6, 6.07) is 8.38. The van der Waals surface area contributed by atoms with E-state index in [4.69, 9.17) is 0 Å². The zero-order chi connectivity index (χ0) is 15.2. The van der Waals surface area contributed by atoms with Crippen LogP contribution in [0.4, 0.5) is 10.5 Å². The monoisotopic (exact) mass is 289 g/mol. The molecule has 0 aromatic heterocycles. The molecule has 0 heterocycles. The fraction of sp³-hybridized carbons (Fsp3) is 0.588. The minimum atomic E-state index is -0.0191. The highest BCUT2D eigenvalue weighted by molar-refractivity contribution is 5.89. The molecule has 0 aliphatic heterocycles. The summed E-state index contributed by atoms with van der Waals surface area (Å²) in [7, 11) is 1.87. The summed E-state index contributed by atoms with van der Waals surface area (Å²) in [4.78, 5) is 13.9. The summed E-state index contributed by atoms with van der Waals surface area (Å²) in [6.07, 6.45) is 3.83. The number of amides is 2. The first-order chi connectivity index (χ1) is 10.1. The highest BCUT2D eigenvalue weighted by Gasteiger charge is 2.21. The molecule has 4 heteroatoms. The summed E-state index contributed by atoms with van der Waals surface area (Å²) in [5.41, 5.74) is 2.09. The number of anilines is 1. The van der Waals surface area contributed by atoms with Crippen LogP contribution >= 0.6 is 0 Å². The number of carbonyl (C=O) groups is 1. The zero-order valence-electron chi connectivity index (χ0n) is 13.4. The third-order valence-corrected chi connectivity index (χ3v) is 4.28. The molecule has 1 aliphatic carbocycles. The lowest BCUT2D eigenvalue weighted by atomic mass is 9.85. The Morgan fingerprint density at radius 3 is 2.52 bits per heavy atom. The highest BCUT2D eigenvalue weighted by Crippen LogP contribution is 2.26. The van der Waals surface area contributed by atoms with Crippen molar-refractivity contribution in [3.63, 3.8) is 0 Å². The lowest BCUT2D eigenvalue weighted by Crippen LogP contribution is -2.37. The molecule has 4 nitrogen and oxygen atoms in total. The second kappa shape index (κ2) is 7.46. The van der Waals surface area contributed by atoms with E-state index in [1.807, 2.05) is 19.2 Å².